The molecule has 0 aliphatic heterocycles. The molecule has 7 nitrogen and oxygen atoms in total. The summed E-state index contributed by atoms with van der Waals surface area (Å²) >= 11 is 4.76. The van der Waals surface area contributed by atoms with Gasteiger partial charge < -0.3 is 18.8 Å². The molecular formula is C20H19BrN2O5S. The fourth-order valence-electron chi connectivity index (χ4n) is 2.70. The van der Waals surface area contributed by atoms with Gasteiger partial charge >= 0.3 is 5.97 Å². The summed E-state index contributed by atoms with van der Waals surface area (Å²) < 4.78 is 19.0. The molecule has 0 atom stereocenters. The third-order valence-electron chi connectivity index (χ3n) is 4.03. The van der Waals surface area contributed by atoms with Crippen LogP contribution in [-0.2, 0) is 16.1 Å². The number of rotatable bonds is 6. The molecule has 9 heteroatoms. The van der Waals surface area contributed by atoms with Crippen LogP contribution in [0.1, 0.15) is 17.3 Å². The number of ether oxygens (including phenoxy) is 3. The van der Waals surface area contributed by atoms with Gasteiger partial charge in [-0.05, 0) is 37.3 Å². The van der Waals surface area contributed by atoms with E-state index in [4.69, 9.17) is 14.2 Å². The predicted molar refractivity (Wildman–Crippen MR) is 114 cm³/mol. The van der Waals surface area contributed by atoms with Gasteiger partial charge in [0.1, 0.15) is 18.0 Å². The molecule has 3 rings (SSSR count). The predicted octanol–water partition coefficient (Wildman–Crippen LogP) is 3.79. The molecule has 0 unspecified atom stereocenters. The second-order valence-electron chi connectivity index (χ2n) is 5.91. The average Bonchev–Trinajstić information content (AvgIpc) is 3.03. The maximum atomic E-state index is 12.8. The summed E-state index contributed by atoms with van der Waals surface area (Å²) in [6, 6.07) is 10.5. The summed E-state index contributed by atoms with van der Waals surface area (Å²) in [7, 11) is 3.02. The summed E-state index contributed by atoms with van der Waals surface area (Å²) in [4.78, 5) is 29.6. The second kappa shape index (κ2) is 9.23. The van der Waals surface area contributed by atoms with Crippen LogP contribution in [0.4, 0.5) is 0 Å². The number of esters is 1. The molecule has 0 fully saturated rings. The molecule has 0 saturated carbocycles. The molecule has 1 heterocycles. The number of hydrogen-bond donors (Lipinski definition) is 0. The number of thiazole rings is 1. The maximum Gasteiger partial charge on any atom is 0.326 e. The molecule has 2 aromatic carbocycles. The van der Waals surface area contributed by atoms with Gasteiger partial charge in [0.2, 0.25) is 0 Å². The van der Waals surface area contributed by atoms with E-state index in [9.17, 15) is 9.59 Å². The molecule has 0 N–H and O–H groups in total. The molecule has 0 saturated heterocycles. The summed E-state index contributed by atoms with van der Waals surface area (Å²) in [6.07, 6.45) is 0. The van der Waals surface area contributed by atoms with Gasteiger partial charge in [-0.3, -0.25) is 9.59 Å². The van der Waals surface area contributed by atoms with Crippen LogP contribution in [0, 0.1) is 0 Å². The first kappa shape index (κ1) is 21.1. The Hall–Kier alpha value is -2.65. The highest BCUT2D eigenvalue weighted by Crippen LogP contribution is 2.24. The minimum absolute atomic E-state index is 0.0387. The number of hydrogen-bond acceptors (Lipinski definition) is 6. The van der Waals surface area contributed by atoms with Crippen LogP contribution >= 0.6 is 27.3 Å². The minimum atomic E-state index is -0.467. The van der Waals surface area contributed by atoms with Crippen molar-refractivity contribution in [1.29, 1.82) is 0 Å². The van der Waals surface area contributed by atoms with Crippen molar-refractivity contribution in [3.63, 3.8) is 0 Å². The Morgan fingerprint density at radius 2 is 1.79 bits per heavy atom. The van der Waals surface area contributed by atoms with Crippen molar-refractivity contribution in [3.8, 4) is 11.5 Å². The zero-order valence-corrected chi connectivity index (χ0v) is 18.5. The summed E-state index contributed by atoms with van der Waals surface area (Å²) in [5, 5.41) is 0. The first-order valence-electron chi connectivity index (χ1n) is 8.71. The lowest BCUT2D eigenvalue weighted by atomic mass is 10.2. The largest absolute Gasteiger partial charge is 0.497 e. The average molecular weight is 479 g/mol. The number of carbonyl (C=O) groups excluding carboxylic acids is 2. The number of aromatic nitrogens is 1. The molecular weight excluding hydrogens is 460 g/mol. The Morgan fingerprint density at radius 3 is 2.41 bits per heavy atom. The maximum absolute atomic E-state index is 12.8. The Bertz CT molecular complexity index is 1110. The zero-order valence-electron chi connectivity index (χ0n) is 16.1. The van der Waals surface area contributed by atoms with Crippen LogP contribution in [0.2, 0.25) is 0 Å². The van der Waals surface area contributed by atoms with Crippen LogP contribution in [0.25, 0.3) is 10.2 Å². The topological polar surface area (TPSA) is 79.1 Å². The number of nitrogens with zero attached hydrogens (tertiary/aromatic N) is 2. The van der Waals surface area contributed by atoms with Gasteiger partial charge in [-0.25, -0.2) is 0 Å². The molecule has 1 aromatic heterocycles. The highest BCUT2D eigenvalue weighted by molar-refractivity contribution is 9.10. The molecule has 152 valence electrons. The van der Waals surface area contributed by atoms with E-state index < -0.39 is 11.9 Å². The van der Waals surface area contributed by atoms with E-state index in [1.807, 2.05) is 18.2 Å². The third-order valence-corrected chi connectivity index (χ3v) is 5.57. The van der Waals surface area contributed by atoms with E-state index in [1.54, 1.807) is 29.7 Å². The van der Waals surface area contributed by atoms with Crippen molar-refractivity contribution in [1.82, 2.24) is 4.57 Å². The van der Waals surface area contributed by atoms with Crippen LogP contribution in [-0.4, -0.2) is 37.3 Å². The van der Waals surface area contributed by atoms with Crippen molar-refractivity contribution in [2.75, 3.05) is 20.8 Å². The minimum Gasteiger partial charge on any atom is -0.497 e. The van der Waals surface area contributed by atoms with Crippen molar-refractivity contribution in [2.24, 2.45) is 4.99 Å². The van der Waals surface area contributed by atoms with E-state index in [1.165, 1.54) is 25.6 Å². The number of amides is 1. The monoisotopic (exact) mass is 478 g/mol. The summed E-state index contributed by atoms with van der Waals surface area (Å²) in [6.45, 7) is 1.99. The van der Waals surface area contributed by atoms with Crippen molar-refractivity contribution >= 4 is 49.4 Å². The van der Waals surface area contributed by atoms with E-state index in [0.29, 0.717) is 21.9 Å². The fraction of sp³-hybridized carbons (Fsp3) is 0.250. The van der Waals surface area contributed by atoms with Crippen LogP contribution in [0.5, 0.6) is 11.5 Å². The summed E-state index contributed by atoms with van der Waals surface area (Å²) in [5.74, 6) is 0.114. The SMILES string of the molecule is CCOC(=O)Cn1c(=NC(=O)c2cc(OC)cc(OC)c2)sc2cc(Br)ccc21. The molecule has 29 heavy (non-hydrogen) atoms. The standard InChI is InChI=1S/C20H19BrN2O5S/c1-4-28-18(24)11-23-16-6-5-13(21)9-17(16)29-20(23)22-19(25)12-7-14(26-2)10-15(8-12)27-3/h5-10H,4,11H2,1-3H3. The van der Waals surface area contributed by atoms with Crippen molar-refractivity contribution < 1.29 is 23.8 Å². The van der Waals surface area contributed by atoms with Gasteiger partial charge in [0.05, 0.1) is 31.0 Å². The Labute approximate surface area is 179 Å². The number of benzene rings is 2. The number of carbonyl (C=O) groups is 2. The molecule has 0 aliphatic carbocycles. The molecule has 0 aliphatic rings. The Morgan fingerprint density at radius 1 is 1.10 bits per heavy atom. The molecule has 0 bridgehead atoms. The van der Waals surface area contributed by atoms with E-state index in [2.05, 4.69) is 20.9 Å². The van der Waals surface area contributed by atoms with Crippen LogP contribution < -0.4 is 14.3 Å². The molecule has 0 radical (unpaired) electrons. The number of methoxy groups -OCH3 is 2. The van der Waals surface area contributed by atoms with Crippen LogP contribution in [0.3, 0.4) is 0 Å². The number of fused-ring (bicyclic) bond motifs is 1. The Balaban J connectivity index is 2.11. The van der Waals surface area contributed by atoms with Crippen molar-refractivity contribution in [2.45, 2.75) is 13.5 Å². The quantitative estimate of drug-likeness (QED) is 0.503. The molecule has 0 spiro atoms. The van der Waals surface area contributed by atoms with Crippen molar-refractivity contribution in [3.05, 3.63) is 51.2 Å². The highest BCUT2D eigenvalue weighted by Gasteiger charge is 2.14. The van der Waals surface area contributed by atoms with E-state index >= 15 is 0 Å². The lowest BCUT2D eigenvalue weighted by molar-refractivity contribution is -0.143. The smallest absolute Gasteiger partial charge is 0.326 e. The van der Waals surface area contributed by atoms with Crippen LogP contribution in [0.15, 0.2) is 45.9 Å². The van der Waals surface area contributed by atoms with Gasteiger partial charge in [0.15, 0.2) is 4.80 Å². The lowest BCUT2D eigenvalue weighted by Crippen LogP contribution is -2.23. The first-order valence-corrected chi connectivity index (χ1v) is 10.3. The molecule has 1 amide bonds. The van der Waals surface area contributed by atoms with Gasteiger partial charge in [0.25, 0.3) is 5.91 Å². The summed E-state index contributed by atoms with van der Waals surface area (Å²) in [5.41, 5.74) is 1.11. The first-order chi connectivity index (χ1) is 13.9. The zero-order chi connectivity index (χ0) is 21.0. The highest BCUT2D eigenvalue weighted by atomic mass is 79.9. The Kier molecular flexibility index (Phi) is 6.71. The van der Waals surface area contributed by atoms with Gasteiger partial charge in [0, 0.05) is 16.1 Å². The lowest BCUT2D eigenvalue weighted by Gasteiger charge is -2.07. The number of halogens is 1. The van der Waals surface area contributed by atoms with E-state index in [-0.39, 0.29) is 13.2 Å². The molecule has 3 aromatic rings. The van der Waals surface area contributed by atoms with Gasteiger partial charge in [-0.2, -0.15) is 4.99 Å². The fourth-order valence-corrected chi connectivity index (χ4v) is 4.28. The van der Waals surface area contributed by atoms with E-state index in [0.717, 1.165) is 14.7 Å². The van der Waals surface area contributed by atoms with Gasteiger partial charge in [-0.1, -0.05) is 27.3 Å². The third kappa shape index (κ3) is 4.86. The second-order valence-corrected chi connectivity index (χ2v) is 7.83. The normalized spacial score (nSPS) is 11.5. The van der Waals surface area contributed by atoms with Gasteiger partial charge in [-0.15, -0.1) is 0 Å².